The van der Waals surface area contributed by atoms with Crippen LogP contribution >= 0.6 is 0 Å². The first-order valence-corrected chi connectivity index (χ1v) is 26.4. The van der Waals surface area contributed by atoms with E-state index in [9.17, 15) is 34.2 Å². The van der Waals surface area contributed by atoms with Crippen LogP contribution in [0.1, 0.15) is 112 Å². The quantitative estimate of drug-likeness (QED) is 0.110. The molecule has 2 N–H and O–H groups in total. The number of carbonyl (C=O) groups is 5. The lowest BCUT2D eigenvalue weighted by Gasteiger charge is -2.50. The molecule has 75 heavy (non-hydrogen) atoms. The summed E-state index contributed by atoms with van der Waals surface area (Å²) in [4.78, 5) is 73.2. The fourth-order valence-corrected chi connectivity index (χ4v) is 10.6. The van der Waals surface area contributed by atoms with Gasteiger partial charge in [0.25, 0.3) is 0 Å². The van der Waals surface area contributed by atoms with Gasteiger partial charge in [-0.25, -0.2) is 0 Å². The van der Waals surface area contributed by atoms with Gasteiger partial charge in [-0.05, 0) is 96.8 Å². The van der Waals surface area contributed by atoms with E-state index in [0.717, 1.165) is 23.0 Å². The lowest BCUT2D eigenvalue weighted by Crippen LogP contribution is -2.66. The molecule has 1 aromatic heterocycles. The van der Waals surface area contributed by atoms with Crippen LogP contribution in [0, 0.1) is 11.8 Å². The molecular formula is C56H83N3O16. The fraction of sp³-hybridized carbons (Fsp3) is 0.679. The second kappa shape index (κ2) is 29.2. The molecule has 0 spiro atoms. The number of ether oxygens (including phenoxy) is 9. The van der Waals surface area contributed by atoms with Crippen molar-refractivity contribution in [1.82, 2.24) is 14.8 Å². The van der Waals surface area contributed by atoms with Crippen molar-refractivity contribution in [3.63, 3.8) is 0 Å². The van der Waals surface area contributed by atoms with E-state index in [2.05, 4.69) is 4.98 Å². The van der Waals surface area contributed by atoms with E-state index in [1.807, 2.05) is 67.4 Å². The molecule has 3 aliphatic rings. The van der Waals surface area contributed by atoms with Crippen LogP contribution in [0.15, 0.2) is 54.9 Å². The average molecular weight is 1050 g/mol. The topological polar surface area (TPSA) is 228 Å². The molecule has 19 heteroatoms. The van der Waals surface area contributed by atoms with E-state index in [1.165, 1.54) is 14.0 Å². The Kier molecular flexibility index (Phi) is 23.8. The van der Waals surface area contributed by atoms with Crippen molar-refractivity contribution in [2.45, 2.75) is 192 Å². The molecule has 4 heterocycles. The van der Waals surface area contributed by atoms with Crippen molar-refractivity contribution in [1.29, 1.82) is 0 Å². The van der Waals surface area contributed by atoms with Gasteiger partial charge in [-0.3, -0.25) is 24.2 Å². The van der Waals surface area contributed by atoms with E-state index >= 15 is 0 Å². The SMILES string of the molecule is CCC(=O)O[C@@H]1CC(=O)O[C@@H](CC=Cc2ccccc2-c2cccnc2)CCCN(C)C[C@H](O)[C@H](C)C[C@H](CC=O)[C@H](O[C@@H]2OC(C)[C@@H](O[C@H]3CC(C)(OC(C)=O)[C@@H](OC(=O)CC)C(C)O3)C(N(C)C)C2O)[C@H]1OC. The molecule has 5 unspecified atom stereocenters. The zero-order valence-electron chi connectivity index (χ0n) is 45.7. The molecule has 0 saturated carbocycles. The van der Waals surface area contributed by atoms with E-state index in [4.69, 9.17) is 42.6 Å². The van der Waals surface area contributed by atoms with Crippen LogP contribution in [-0.4, -0.2) is 182 Å². The normalized spacial score (nSPS) is 33.8. The second-order valence-electron chi connectivity index (χ2n) is 20.7. The van der Waals surface area contributed by atoms with Crippen molar-refractivity contribution in [2.24, 2.45) is 11.8 Å². The fourth-order valence-electron chi connectivity index (χ4n) is 10.6. The summed E-state index contributed by atoms with van der Waals surface area (Å²) in [5.74, 6) is -3.48. The number of hydrogen-bond acceptors (Lipinski definition) is 19. The van der Waals surface area contributed by atoms with Crippen molar-refractivity contribution in [3.8, 4) is 11.1 Å². The van der Waals surface area contributed by atoms with Crippen molar-refractivity contribution >= 4 is 36.2 Å². The summed E-state index contributed by atoms with van der Waals surface area (Å²) in [5.41, 5.74) is 1.58. The van der Waals surface area contributed by atoms with Gasteiger partial charge in [0.15, 0.2) is 24.3 Å². The van der Waals surface area contributed by atoms with Crippen LogP contribution < -0.4 is 0 Å². The molecule has 1 aromatic carbocycles. The van der Waals surface area contributed by atoms with Crippen LogP contribution in [0.3, 0.4) is 0 Å². The van der Waals surface area contributed by atoms with Gasteiger partial charge in [-0.2, -0.15) is 0 Å². The molecule has 19 nitrogen and oxygen atoms in total. The molecule has 5 rings (SSSR count). The third-order valence-electron chi connectivity index (χ3n) is 14.5. The van der Waals surface area contributed by atoms with E-state index in [-0.39, 0.29) is 32.1 Å². The smallest absolute Gasteiger partial charge is 0.309 e. The number of benzene rings is 1. The summed E-state index contributed by atoms with van der Waals surface area (Å²) in [7, 11) is 6.81. The number of cyclic esters (lactones) is 1. The summed E-state index contributed by atoms with van der Waals surface area (Å²) in [6.07, 6.45) is -2.94. The minimum atomic E-state index is -1.45. The molecule has 0 amide bonds. The van der Waals surface area contributed by atoms with Crippen LogP contribution in [0.4, 0.5) is 0 Å². The Hall–Kier alpha value is -4.70. The summed E-state index contributed by atoms with van der Waals surface area (Å²) < 4.78 is 56.3. The van der Waals surface area contributed by atoms with Gasteiger partial charge in [-0.1, -0.05) is 63.3 Å². The maximum atomic E-state index is 14.3. The molecular weight excluding hydrogens is 971 g/mol. The highest BCUT2D eigenvalue weighted by atomic mass is 16.7. The Bertz CT molecular complexity index is 2160. The van der Waals surface area contributed by atoms with Crippen molar-refractivity contribution < 1.29 is 76.8 Å². The maximum Gasteiger partial charge on any atom is 0.309 e. The molecule has 0 radical (unpaired) electrons. The van der Waals surface area contributed by atoms with Crippen molar-refractivity contribution in [3.05, 3.63) is 60.4 Å². The minimum Gasteiger partial charge on any atom is -0.462 e. The number of aromatic nitrogens is 1. The van der Waals surface area contributed by atoms with Gasteiger partial charge in [0.2, 0.25) is 0 Å². The standard InChI is InChI=1S/C56H83N3O16/c1-12-45(63)71-44-30-47(65)70-41(22-16-20-38-19-14-15-24-42(38)40-21-17-26-57-32-40)23-18-27-59(10)33-43(62)34(3)29-39(25-28-60)52(53(44)67-11)74-55-50(66)49(58(8)9)51(35(4)69-55)73-48-31-56(7,75-37(6)61)54(36(5)68-48)72-46(64)13-2/h14-17,19-21,24,26,28,32,34-36,39,41,43-44,48-55,62,66H,12-13,18,22-23,25,27,29-31,33H2,1-11H3/t34-,35?,36?,39+,41+,43+,44-,48+,49?,50?,51-,52+,53+,54+,55+,56?/m1/s1. The Morgan fingerprint density at radius 3 is 2.32 bits per heavy atom. The van der Waals surface area contributed by atoms with Gasteiger partial charge in [-0.15, -0.1) is 0 Å². The van der Waals surface area contributed by atoms with E-state index in [1.54, 1.807) is 66.0 Å². The minimum absolute atomic E-state index is 0.0259. The first-order valence-electron chi connectivity index (χ1n) is 26.4. The van der Waals surface area contributed by atoms with Crippen LogP contribution in [0.2, 0.25) is 0 Å². The molecule has 3 fully saturated rings. The lowest BCUT2D eigenvalue weighted by molar-refractivity contribution is -0.344. The number of aliphatic hydroxyl groups is 2. The zero-order chi connectivity index (χ0) is 55.0. The largest absolute Gasteiger partial charge is 0.462 e. The van der Waals surface area contributed by atoms with Crippen LogP contribution in [-0.2, 0) is 66.6 Å². The third kappa shape index (κ3) is 17.1. The maximum absolute atomic E-state index is 14.3. The number of esters is 4. The number of likely N-dealkylation sites (N-methyl/N-ethyl adjacent to an activating group) is 2. The predicted octanol–water partition coefficient (Wildman–Crippen LogP) is 5.69. The number of hydrogen-bond donors (Lipinski definition) is 2. The van der Waals surface area contributed by atoms with Gasteiger partial charge >= 0.3 is 23.9 Å². The summed E-state index contributed by atoms with van der Waals surface area (Å²) in [5, 5.41) is 24.1. The number of β-amino-alcohol motifs (C(OH)–C–C–N with tert-alkyl or cyclic N) is 1. The first kappa shape index (κ1) is 61.2. The Morgan fingerprint density at radius 2 is 1.67 bits per heavy atom. The number of nitrogens with zero attached hydrogens (tertiary/aromatic N) is 3. The zero-order valence-corrected chi connectivity index (χ0v) is 45.7. The highest BCUT2D eigenvalue weighted by Crippen LogP contribution is 2.39. The average Bonchev–Trinajstić information content (AvgIpc) is 3.35. The third-order valence-corrected chi connectivity index (χ3v) is 14.5. The number of pyridine rings is 1. The number of aliphatic hydroxyl groups excluding tert-OH is 2. The van der Waals surface area contributed by atoms with Crippen molar-refractivity contribution in [2.75, 3.05) is 41.3 Å². The Balaban J connectivity index is 1.46. The molecule has 3 saturated heterocycles. The van der Waals surface area contributed by atoms with Gasteiger partial charge in [0.05, 0.1) is 36.9 Å². The summed E-state index contributed by atoms with van der Waals surface area (Å²) >= 11 is 0. The number of methoxy groups -OCH3 is 1. The first-order chi connectivity index (χ1) is 35.7. The number of aldehydes is 1. The molecule has 2 aromatic rings. The monoisotopic (exact) mass is 1050 g/mol. The van der Waals surface area contributed by atoms with E-state index < -0.39 is 127 Å². The highest BCUT2D eigenvalue weighted by molar-refractivity contribution is 5.75. The summed E-state index contributed by atoms with van der Waals surface area (Å²) in [6.45, 7) is 12.4. The Morgan fingerprint density at radius 1 is 0.947 bits per heavy atom. The van der Waals surface area contributed by atoms with Gasteiger partial charge in [0, 0.05) is 70.6 Å². The number of rotatable bonds is 17. The van der Waals surface area contributed by atoms with Gasteiger partial charge in [0.1, 0.15) is 36.8 Å². The molecule has 0 bridgehead atoms. The Labute approximate surface area is 442 Å². The lowest BCUT2D eigenvalue weighted by atomic mass is 9.82. The second-order valence-corrected chi connectivity index (χ2v) is 20.7. The molecule has 0 aliphatic carbocycles. The summed E-state index contributed by atoms with van der Waals surface area (Å²) in [6, 6.07) is 11.0. The molecule has 3 aliphatic heterocycles. The van der Waals surface area contributed by atoms with E-state index in [0.29, 0.717) is 32.4 Å². The highest BCUT2D eigenvalue weighted by Gasteiger charge is 2.54. The molecule has 16 atom stereocenters. The van der Waals surface area contributed by atoms with Gasteiger partial charge < -0.3 is 67.4 Å². The number of carbonyl (C=O) groups excluding carboxylic acids is 5. The van der Waals surface area contributed by atoms with Crippen LogP contribution in [0.25, 0.3) is 17.2 Å². The van der Waals surface area contributed by atoms with Crippen LogP contribution in [0.5, 0.6) is 0 Å². The molecule has 418 valence electrons. The predicted molar refractivity (Wildman–Crippen MR) is 276 cm³/mol.